The second-order valence-electron chi connectivity index (χ2n) is 3.84. The third-order valence-electron chi connectivity index (χ3n) is 2.22. The first-order chi connectivity index (χ1) is 8.24. The molecule has 0 heterocycles. The summed E-state index contributed by atoms with van der Waals surface area (Å²) in [6.07, 6.45) is -4.70. The molecule has 0 aliphatic rings. The van der Waals surface area contributed by atoms with E-state index >= 15 is 0 Å². The van der Waals surface area contributed by atoms with Crippen LogP contribution in [0.3, 0.4) is 0 Å². The molecule has 1 atom stereocenters. The first-order valence-corrected chi connectivity index (χ1v) is 5.12. The van der Waals surface area contributed by atoms with E-state index in [-0.39, 0.29) is 12.1 Å². The van der Waals surface area contributed by atoms with Gasteiger partial charge >= 0.3 is 6.18 Å². The highest BCUT2D eigenvalue weighted by Gasteiger charge is 2.32. The minimum absolute atomic E-state index is 0.132. The van der Waals surface area contributed by atoms with E-state index < -0.39 is 29.5 Å². The van der Waals surface area contributed by atoms with Crippen molar-refractivity contribution in [2.24, 2.45) is 5.73 Å². The molecule has 0 radical (unpaired) electrons. The van der Waals surface area contributed by atoms with E-state index in [2.05, 4.69) is 5.32 Å². The lowest BCUT2D eigenvalue weighted by Crippen LogP contribution is -2.37. The highest BCUT2D eigenvalue weighted by atomic mass is 19.4. The fourth-order valence-electron chi connectivity index (χ4n) is 1.25. The number of halogens is 4. The zero-order chi connectivity index (χ0) is 13.9. The Morgan fingerprint density at radius 3 is 2.50 bits per heavy atom. The van der Waals surface area contributed by atoms with Gasteiger partial charge in [0.2, 0.25) is 0 Å². The van der Waals surface area contributed by atoms with Crippen LogP contribution in [0, 0.1) is 5.82 Å². The fourth-order valence-corrected chi connectivity index (χ4v) is 1.25. The van der Waals surface area contributed by atoms with Gasteiger partial charge in [-0.15, -0.1) is 0 Å². The van der Waals surface area contributed by atoms with E-state index in [0.717, 1.165) is 6.07 Å². The van der Waals surface area contributed by atoms with Crippen LogP contribution in [-0.4, -0.2) is 18.5 Å². The summed E-state index contributed by atoms with van der Waals surface area (Å²) in [6, 6.07) is 1.27. The summed E-state index contributed by atoms with van der Waals surface area (Å²) in [4.78, 5) is 11.5. The van der Waals surface area contributed by atoms with Crippen LogP contribution in [0.15, 0.2) is 18.2 Å². The molecule has 0 aromatic heterocycles. The second-order valence-corrected chi connectivity index (χ2v) is 3.84. The zero-order valence-electron chi connectivity index (χ0n) is 9.51. The molecule has 0 saturated carbocycles. The molecule has 18 heavy (non-hydrogen) atoms. The van der Waals surface area contributed by atoms with Gasteiger partial charge in [-0.3, -0.25) is 4.79 Å². The molecule has 7 heteroatoms. The second kappa shape index (κ2) is 5.34. The minimum Gasteiger partial charge on any atom is -0.348 e. The quantitative estimate of drug-likeness (QED) is 0.819. The van der Waals surface area contributed by atoms with E-state index in [4.69, 9.17) is 5.73 Å². The number of nitrogens with two attached hydrogens (primary N) is 1. The van der Waals surface area contributed by atoms with Crippen LogP contribution >= 0.6 is 0 Å². The van der Waals surface area contributed by atoms with Crippen LogP contribution in [0.1, 0.15) is 22.8 Å². The summed E-state index contributed by atoms with van der Waals surface area (Å²) in [5, 5.41) is 2.35. The van der Waals surface area contributed by atoms with E-state index in [0.29, 0.717) is 12.1 Å². The molecule has 1 rings (SSSR count). The van der Waals surface area contributed by atoms with Gasteiger partial charge in [-0.1, -0.05) is 0 Å². The van der Waals surface area contributed by atoms with Gasteiger partial charge in [0.1, 0.15) is 5.82 Å². The predicted molar refractivity (Wildman–Crippen MR) is 57.4 cm³/mol. The fraction of sp³-hybridized carbons (Fsp3) is 0.364. The maximum atomic E-state index is 13.0. The molecule has 100 valence electrons. The van der Waals surface area contributed by atoms with Gasteiger partial charge in [0, 0.05) is 18.2 Å². The molecular formula is C11H12F4N2O. The Hall–Kier alpha value is -1.63. The minimum atomic E-state index is -4.70. The number of benzene rings is 1. The van der Waals surface area contributed by atoms with E-state index in [9.17, 15) is 22.4 Å². The molecule has 1 aromatic carbocycles. The molecular weight excluding hydrogens is 252 g/mol. The monoisotopic (exact) mass is 264 g/mol. The third-order valence-corrected chi connectivity index (χ3v) is 2.22. The summed E-state index contributed by atoms with van der Waals surface area (Å²) >= 11 is 0. The molecule has 1 aromatic rings. The summed E-state index contributed by atoms with van der Waals surface area (Å²) in [6.45, 7) is 1.72. The van der Waals surface area contributed by atoms with Crippen LogP contribution in [-0.2, 0) is 6.18 Å². The Morgan fingerprint density at radius 2 is 2.00 bits per heavy atom. The van der Waals surface area contributed by atoms with Crippen molar-refractivity contribution in [1.29, 1.82) is 0 Å². The molecule has 0 spiro atoms. The number of hydrogen-bond acceptors (Lipinski definition) is 2. The maximum absolute atomic E-state index is 13.0. The average molecular weight is 264 g/mol. The summed E-state index contributed by atoms with van der Waals surface area (Å²) < 4.78 is 50.3. The van der Waals surface area contributed by atoms with Crippen molar-refractivity contribution >= 4 is 5.91 Å². The number of hydrogen-bond donors (Lipinski definition) is 2. The van der Waals surface area contributed by atoms with Crippen molar-refractivity contribution in [3.8, 4) is 0 Å². The smallest absolute Gasteiger partial charge is 0.348 e. The standard InChI is InChI=1S/C11H12F4N2O/c1-6(5-16)17-10(18)7-2-8(11(13,14)15)4-9(12)3-7/h2-4,6H,5,16H2,1H3,(H,17,18)/t6-/m0/s1. The van der Waals surface area contributed by atoms with Crippen molar-refractivity contribution in [1.82, 2.24) is 5.32 Å². The number of carbonyl (C=O) groups excluding carboxylic acids is 1. The van der Waals surface area contributed by atoms with Crippen molar-refractivity contribution in [3.05, 3.63) is 35.1 Å². The van der Waals surface area contributed by atoms with Gasteiger partial charge in [0.25, 0.3) is 5.91 Å². The van der Waals surface area contributed by atoms with Gasteiger partial charge in [0.05, 0.1) is 5.56 Å². The molecule has 0 saturated heterocycles. The Kier molecular flexibility index (Phi) is 4.28. The molecule has 1 amide bonds. The lowest BCUT2D eigenvalue weighted by atomic mass is 10.1. The Balaban J connectivity index is 3.03. The average Bonchev–Trinajstić information content (AvgIpc) is 2.26. The van der Waals surface area contributed by atoms with Gasteiger partial charge in [-0.2, -0.15) is 13.2 Å². The SMILES string of the molecule is C[C@@H](CN)NC(=O)c1cc(F)cc(C(F)(F)F)c1. The molecule has 0 aliphatic heterocycles. The van der Waals surface area contributed by atoms with Gasteiger partial charge in [-0.25, -0.2) is 4.39 Å². The van der Waals surface area contributed by atoms with E-state index in [1.165, 1.54) is 0 Å². The topological polar surface area (TPSA) is 55.1 Å². The normalized spacial score (nSPS) is 13.2. The number of alkyl halides is 3. The molecule has 0 bridgehead atoms. The Bertz CT molecular complexity index is 445. The van der Waals surface area contributed by atoms with Crippen molar-refractivity contribution < 1.29 is 22.4 Å². The van der Waals surface area contributed by atoms with Crippen molar-refractivity contribution in [3.63, 3.8) is 0 Å². The van der Waals surface area contributed by atoms with Gasteiger partial charge < -0.3 is 11.1 Å². The first-order valence-electron chi connectivity index (χ1n) is 5.12. The molecule has 0 aliphatic carbocycles. The molecule has 0 unspecified atom stereocenters. The van der Waals surface area contributed by atoms with E-state index in [1.807, 2.05) is 0 Å². The lowest BCUT2D eigenvalue weighted by molar-refractivity contribution is -0.137. The highest BCUT2D eigenvalue weighted by molar-refractivity contribution is 5.94. The van der Waals surface area contributed by atoms with Crippen LogP contribution in [0.4, 0.5) is 17.6 Å². The van der Waals surface area contributed by atoms with E-state index in [1.54, 1.807) is 6.92 Å². The number of rotatable bonds is 3. The lowest BCUT2D eigenvalue weighted by Gasteiger charge is -2.13. The van der Waals surface area contributed by atoms with Crippen LogP contribution in [0.5, 0.6) is 0 Å². The Morgan fingerprint density at radius 1 is 1.39 bits per heavy atom. The summed E-state index contributed by atoms with van der Waals surface area (Å²) in [5.41, 5.74) is 3.67. The number of carbonyl (C=O) groups is 1. The summed E-state index contributed by atoms with van der Waals surface area (Å²) in [7, 11) is 0. The molecule has 0 fully saturated rings. The first kappa shape index (κ1) is 14.4. The largest absolute Gasteiger partial charge is 0.416 e. The predicted octanol–water partition coefficient (Wildman–Crippen LogP) is 1.92. The molecule has 3 nitrogen and oxygen atoms in total. The maximum Gasteiger partial charge on any atom is 0.416 e. The molecule has 3 N–H and O–H groups in total. The highest BCUT2D eigenvalue weighted by Crippen LogP contribution is 2.30. The Labute approximate surface area is 101 Å². The third kappa shape index (κ3) is 3.69. The number of amides is 1. The number of nitrogens with one attached hydrogen (secondary N) is 1. The van der Waals surface area contributed by atoms with Gasteiger partial charge in [-0.05, 0) is 25.1 Å². The van der Waals surface area contributed by atoms with Crippen LogP contribution < -0.4 is 11.1 Å². The van der Waals surface area contributed by atoms with Crippen molar-refractivity contribution in [2.45, 2.75) is 19.1 Å². The van der Waals surface area contributed by atoms with Gasteiger partial charge in [0.15, 0.2) is 0 Å². The van der Waals surface area contributed by atoms with Crippen molar-refractivity contribution in [2.75, 3.05) is 6.54 Å². The summed E-state index contributed by atoms with van der Waals surface area (Å²) in [5.74, 6) is -1.91. The van der Waals surface area contributed by atoms with Crippen LogP contribution in [0.25, 0.3) is 0 Å². The zero-order valence-corrected chi connectivity index (χ0v) is 9.51. The van der Waals surface area contributed by atoms with Crippen LogP contribution in [0.2, 0.25) is 0 Å².